The molecule has 2 N–H and O–H groups in total. The molecule has 1 saturated heterocycles. The van der Waals surface area contributed by atoms with Gasteiger partial charge in [-0.2, -0.15) is 0 Å². The van der Waals surface area contributed by atoms with Crippen LogP contribution in [-0.2, 0) is 27.4 Å². The van der Waals surface area contributed by atoms with E-state index in [-0.39, 0.29) is 43.1 Å². The van der Waals surface area contributed by atoms with E-state index in [1.54, 1.807) is 36.0 Å². The molecule has 0 aromatic heterocycles. The number of hydrogen-bond donors (Lipinski definition) is 2. The zero-order valence-electron chi connectivity index (χ0n) is 27.5. The Morgan fingerprint density at radius 1 is 0.780 bits per heavy atom. The van der Waals surface area contributed by atoms with Crippen molar-refractivity contribution in [2.45, 2.75) is 49.9 Å². The molecule has 0 spiro atoms. The molecule has 2 heterocycles. The molecule has 5 aromatic rings. The maximum absolute atomic E-state index is 13.1. The van der Waals surface area contributed by atoms with Gasteiger partial charge in [-0.05, 0) is 64.2 Å². The molecule has 8 nitrogen and oxygen atoms in total. The van der Waals surface area contributed by atoms with Crippen LogP contribution in [0.1, 0.15) is 68.7 Å². The molecular formula is C41H36N2O6S. The summed E-state index contributed by atoms with van der Waals surface area (Å²) in [5.41, 5.74) is 7.10. The molecule has 7 rings (SSSR count). The Bertz CT molecular complexity index is 1980. The maximum Gasteiger partial charge on any atom is 0.261 e. The topological polar surface area (TPSA) is 105 Å². The van der Waals surface area contributed by atoms with Gasteiger partial charge in [-0.25, -0.2) is 0 Å². The van der Waals surface area contributed by atoms with Crippen molar-refractivity contribution in [3.05, 3.63) is 155 Å². The van der Waals surface area contributed by atoms with Crippen LogP contribution in [0.25, 0.3) is 11.1 Å². The van der Waals surface area contributed by atoms with E-state index >= 15 is 0 Å². The third-order valence-electron chi connectivity index (χ3n) is 8.94. The molecule has 2 aliphatic heterocycles. The molecule has 1 fully saturated rings. The molecule has 0 saturated carbocycles. The number of ether oxygens (including phenoxy) is 2. The Morgan fingerprint density at radius 2 is 1.40 bits per heavy atom. The molecule has 3 atom stereocenters. The van der Waals surface area contributed by atoms with Gasteiger partial charge in [0.1, 0.15) is 0 Å². The average Bonchev–Trinajstić information content (AvgIpc) is 3.39. The van der Waals surface area contributed by atoms with Crippen LogP contribution in [0, 0.1) is 0 Å². The van der Waals surface area contributed by atoms with E-state index < -0.39 is 6.29 Å². The van der Waals surface area contributed by atoms with Crippen LogP contribution in [0.3, 0.4) is 0 Å². The van der Waals surface area contributed by atoms with Gasteiger partial charge in [0.2, 0.25) is 5.91 Å². The third kappa shape index (κ3) is 7.27. The minimum atomic E-state index is -0.610. The monoisotopic (exact) mass is 684 g/mol. The predicted octanol–water partition coefficient (Wildman–Crippen LogP) is 7.94. The van der Waals surface area contributed by atoms with Crippen molar-refractivity contribution in [3.8, 4) is 11.1 Å². The van der Waals surface area contributed by atoms with Gasteiger partial charge in [0.25, 0.3) is 11.8 Å². The molecule has 3 unspecified atom stereocenters. The number of fused-ring (bicyclic) bond motifs is 1. The largest absolute Gasteiger partial charge is 0.392 e. The average molecular weight is 685 g/mol. The number of thioether (sulfide) groups is 1. The highest BCUT2D eigenvalue weighted by Crippen LogP contribution is 2.40. The number of rotatable bonds is 10. The minimum absolute atomic E-state index is 0.0225. The zero-order chi connectivity index (χ0) is 34.6. The summed E-state index contributed by atoms with van der Waals surface area (Å²) in [7, 11) is 0. The van der Waals surface area contributed by atoms with Crippen LogP contribution >= 0.6 is 11.8 Å². The second-order valence-electron chi connectivity index (χ2n) is 12.4. The van der Waals surface area contributed by atoms with E-state index in [1.165, 1.54) is 11.8 Å². The standard InChI is InChI=1S/C41H36N2O6S/c1-26(45)42-32-18-20-34(21-19-32)50-25-33-22-38(29-12-10-27(24-44)11-13-29)49-41(48-33)30-16-14-28(15-17-30)35-7-3-2-6-31(35)23-43-39(46)36-8-4-5-9-37(36)40(43)47/h2-21,33,38,41,44H,22-25H2,1H3,(H,42,45). The first-order valence-corrected chi connectivity index (χ1v) is 17.5. The smallest absolute Gasteiger partial charge is 0.261 e. The number of amides is 3. The molecular weight excluding hydrogens is 649 g/mol. The summed E-state index contributed by atoms with van der Waals surface area (Å²) in [6.45, 7) is 1.64. The van der Waals surface area contributed by atoms with Crippen LogP contribution in [-0.4, -0.2) is 39.6 Å². The maximum atomic E-state index is 13.1. The lowest BCUT2D eigenvalue weighted by molar-refractivity contribution is -0.245. The second-order valence-corrected chi connectivity index (χ2v) is 13.5. The predicted molar refractivity (Wildman–Crippen MR) is 192 cm³/mol. The number of aliphatic hydroxyl groups excluding tert-OH is 1. The molecule has 3 amide bonds. The van der Waals surface area contributed by atoms with E-state index in [2.05, 4.69) is 5.32 Å². The van der Waals surface area contributed by atoms with Gasteiger partial charge in [-0.1, -0.05) is 84.9 Å². The van der Waals surface area contributed by atoms with Crippen molar-refractivity contribution in [3.63, 3.8) is 0 Å². The molecule has 9 heteroatoms. The van der Waals surface area contributed by atoms with Crippen LogP contribution < -0.4 is 5.32 Å². The van der Waals surface area contributed by atoms with Gasteiger partial charge >= 0.3 is 0 Å². The first-order chi connectivity index (χ1) is 24.4. The fourth-order valence-corrected chi connectivity index (χ4v) is 7.28. The van der Waals surface area contributed by atoms with Crippen molar-refractivity contribution in [1.82, 2.24) is 4.90 Å². The van der Waals surface area contributed by atoms with Gasteiger partial charge in [-0.15, -0.1) is 11.8 Å². The minimum Gasteiger partial charge on any atom is -0.392 e. The number of aliphatic hydroxyl groups is 1. The molecule has 2 aliphatic rings. The summed E-state index contributed by atoms with van der Waals surface area (Å²) in [5.74, 6) is 0.0346. The van der Waals surface area contributed by atoms with Gasteiger partial charge in [0, 0.05) is 35.2 Å². The van der Waals surface area contributed by atoms with E-state index in [9.17, 15) is 19.5 Å². The van der Waals surface area contributed by atoms with Crippen molar-refractivity contribution in [1.29, 1.82) is 0 Å². The lowest BCUT2D eigenvalue weighted by Crippen LogP contribution is -2.31. The van der Waals surface area contributed by atoms with Gasteiger partial charge < -0.3 is 19.9 Å². The lowest BCUT2D eigenvalue weighted by Gasteiger charge is -2.36. The number of anilines is 1. The molecule has 0 bridgehead atoms. The summed E-state index contributed by atoms with van der Waals surface area (Å²) >= 11 is 1.69. The molecule has 252 valence electrons. The quantitative estimate of drug-likeness (QED) is 0.114. The zero-order valence-corrected chi connectivity index (χ0v) is 28.3. The van der Waals surface area contributed by atoms with Crippen LogP contribution in [0.2, 0.25) is 0 Å². The first kappa shape index (κ1) is 33.4. The normalized spacial score (nSPS) is 18.6. The van der Waals surface area contributed by atoms with Crippen molar-refractivity contribution in [2.75, 3.05) is 11.1 Å². The van der Waals surface area contributed by atoms with Crippen LogP contribution in [0.5, 0.6) is 0 Å². The third-order valence-corrected chi connectivity index (χ3v) is 10.1. The summed E-state index contributed by atoms with van der Waals surface area (Å²) < 4.78 is 13.1. The summed E-state index contributed by atoms with van der Waals surface area (Å²) in [6, 6.07) is 38.4. The highest BCUT2D eigenvalue weighted by molar-refractivity contribution is 7.99. The Kier molecular flexibility index (Phi) is 9.91. The van der Waals surface area contributed by atoms with E-state index in [4.69, 9.17) is 9.47 Å². The number of benzene rings is 5. The molecule has 5 aromatic carbocycles. The van der Waals surface area contributed by atoms with Crippen molar-refractivity contribution >= 4 is 35.2 Å². The van der Waals surface area contributed by atoms with Gasteiger partial charge in [0.05, 0.1) is 36.5 Å². The van der Waals surface area contributed by atoms with Crippen molar-refractivity contribution in [2.24, 2.45) is 0 Å². The number of nitrogens with one attached hydrogen (secondary N) is 1. The van der Waals surface area contributed by atoms with E-state index in [1.807, 2.05) is 97.1 Å². The first-order valence-electron chi connectivity index (χ1n) is 16.5. The van der Waals surface area contributed by atoms with E-state index in [0.29, 0.717) is 23.3 Å². The van der Waals surface area contributed by atoms with Gasteiger partial charge in [0.15, 0.2) is 6.29 Å². The molecule has 0 aliphatic carbocycles. The number of nitrogens with zero attached hydrogens (tertiary/aromatic N) is 1. The molecule has 50 heavy (non-hydrogen) atoms. The number of carbonyl (C=O) groups excluding carboxylic acids is 3. The lowest BCUT2D eigenvalue weighted by atomic mass is 9.97. The van der Waals surface area contributed by atoms with Crippen molar-refractivity contribution < 1.29 is 29.0 Å². The van der Waals surface area contributed by atoms with Crippen LogP contribution in [0.4, 0.5) is 5.69 Å². The Hall–Kier alpha value is -5.06. The Balaban J connectivity index is 1.09. The van der Waals surface area contributed by atoms with Crippen LogP contribution in [0.15, 0.2) is 126 Å². The number of imide groups is 1. The second kappa shape index (κ2) is 14.8. The highest BCUT2D eigenvalue weighted by atomic mass is 32.2. The fourth-order valence-electron chi connectivity index (χ4n) is 6.36. The van der Waals surface area contributed by atoms with Gasteiger partial charge in [-0.3, -0.25) is 19.3 Å². The number of carbonyl (C=O) groups is 3. The van der Waals surface area contributed by atoms with E-state index in [0.717, 1.165) is 44.0 Å². The SMILES string of the molecule is CC(=O)Nc1ccc(SCC2CC(c3ccc(CO)cc3)OC(c3ccc(-c4ccccc4CN4C(=O)c5ccccc5C4=O)cc3)O2)cc1. The fraction of sp³-hybridized carbons (Fsp3) is 0.195. The summed E-state index contributed by atoms with van der Waals surface area (Å²) in [5, 5.41) is 12.4. The molecule has 0 radical (unpaired) electrons. The Morgan fingerprint density at radius 3 is 2.04 bits per heavy atom. The summed E-state index contributed by atoms with van der Waals surface area (Å²) in [4.78, 5) is 40.0. The Labute approximate surface area is 295 Å². The highest BCUT2D eigenvalue weighted by Gasteiger charge is 2.36. The summed E-state index contributed by atoms with van der Waals surface area (Å²) in [6.07, 6.45) is -0.276. The number of hydrogen-bond acceptors (Lipinski definition) is 7.